The second kappa shape index (κ2) is 13.1. The molecule has 0 aromatic heterocycles. The first-order valence-electron chi connectivity index (χ1n) is 3.57. The molecule has 0 unspecified atom stereocenters. The minimum Gasteiger partial charge on any atom is -0.546 e. The zero-order valence-electron chi connectivity index (χ0n) is 7.56. The summed E-state index contributed by atoms with van der Waals surface area (Å²) >= 11 is 0. The fraction of sp³-hybridized carbons (Fsp3) is 0.200. The van der Waals surface area contributed by atoms with Gasteiger partial charge in [0.05, 0.1) is 0 Å². The van der Waals surface area contributed by atoms with Crippen molar-refractivity contribution in [3.63, 3.8) is 0 Å². The van der Waals surface area contributed by atoms with Crippen LogP contribution in [0.2, 0.25) is 0 Å². The number of aliphatic hydroxyl groups excluding tert-OH is 1. The van der Waals surface area contributed by atoms with Crippen molar-refractivity contribution < 1.29 is 26.8 Å². The molecule has 1 nitrogen and oxygen atoms in total. The maximum atomic E-state index is 8.45. The van der Waals surface area contributed by atoms with Gasteiger partial charge in [-0.3, -0.25) is 6.08 Å². The average molecular weight is 267 g/mol. The molecule has 14 heavy (non-hydrogen) atoms. The first-order chi connectivity index (χ1) is 5.39. The van der Waals surface area contributed by atoms with E-state index in [1.807, 2.05) is 18.2 Å². The molecule has 4 heteroatoms. The van der Waals surface area contributed by atoms with Crippen molar-refractivity contribution in [1.82, 2.24) is 0 Å². The van der Waals surface area contributed by atoms with Crippen molar-refractivity contribution in [3.8, 4) is 0 Å². The van der Waals surface area contributed by atoms with Gasteiger partial charge in [0.1, 0.15) is 0 Å². The number of hydrogen-bond acceptors (Lipinski definition) is 1. The van der Waals surface area contributed by atoms with E-state index in [-0.39, 0.29) is 52.3 Å². The number of hydrogen-bond donors (Lipinski definition) is 1. The van der Waals surface area contributed by atoms with Gasteiger partial charge in [0.25, 0.3) is 0 Å². The van der Waals surface area contributed by atoms with Gasteiger partial charge in [-0.1, -0.05) is 5.76 Å². The first-order valence-corrected chi connectivity index (χ1v) is 3.57. The maximum absolute atomic E-state index is 8.45. The maximum Gasteiger partial charge on any atom is 2.00 e. The molecule has 0 aromatic carbocycles. The quantitative estimate of drug-likeness (QED) is 0.527. The van der Waals surface area contributed by atoms with Gasteiger partial charge < -0.3 is 5.11 Å². The van der Waals surface area contributed by atoms with Crippen molar-refractivity contribution in [2.45, 2.75) is 12.8 Å². The van der Waals surface area contributed by atoms with Crippen LogP contribution in [0.4, 0.5) is 0 Å². The van der Waals surface area contributed by atoms with Gasteiger partial charge in [0, 0.05) is 0 Å². The minimum absolute atomic E-state index is 0. The number of allylic oxidation sites excluding steroid dienone is 7. The number of aliphatic hydroxyl groups is 1. The van der Waals surface area contributed by atoms with E-state index in [1.54, 1.807) is 6.08 Å². The molecule has 2 aliphatic carbocycles. The van der Waals surface area contributed by atoms with Crippen molar-refractivity contribution in [2.75, 3.05) is 0 Å². The summed E-state index contributed by atoms with van der Waals surface area (Å²) in [5.74, 6) is 0.273. The van der Waals surface area contributed by atoms with E-state index in [9.17, 15) is 0 Å². The van der Waals surface area contributed by atoms with E-state index >= 15 is 0 Å². The molecule has 0 fully saturated rings. The zero-order chi connectivity index (χ0) is 7.94. The summed E-state index contributed by atoms with van der Waals surface area (Å²) in [5.41, 5.74) is 0. The van der Waals surface area contributed by atoms with E-state index in [2.05, 4.69) is 18.2 Å². The molecule has 0 heterocycles. The van der Waals surface area contributed by atoms with Gasteiger partial charge in [0.15, 0.2) is 0 Å². The molecule has 0 saturated carbocycles. The van der Waals surface area contributed by atoms with Crippen LogP contribution in [0.1, 0.15) is 12.8 Å². The Balaban J connectivity index is -0.000000144. The van der Waals surface area contributed by atoms with Crippen molar-refractivity contribution in [3.05, 3.63) is 48.3 Å². The molecule has 0 radical (unpaired) electrons. The van der Waals surface area contributed by atoms with E-state index in [1.165, 1.54) is 0 Å². The third-order valence-corrected chi connectivity index (χ3v) is 1.26. The van der Waals surface area contributed by atoms with Crippen molar-refractivity contribution in [2.24, 2.45) is 0 Å². The SMILES string of the molecule is Cl.Cl.OC1=[C-]CC=C1.[C-]1=CC=CC1.[Ti+2]. The van der Waals surface area contributed by atoms with Crippen LogP contribution in [0.5, 0.6) is 0 Å². The molecule has 0 bridgehead atoms. The molecule has 1 N–H and O–H groups in total. The average Bonchev–Trinajstić information content (AvgIpc) is 2.57. The van der Waals surface area contributed by atoms with Crippen LogP contribution >= 0.6 is 24.8 Å². The second-order valence-corrected chi connectivity index (χ2v) is 2.17. The van der Waals surface area contributed by atoms with Gasteiger partial charge in [-0.25, -0.2) is 18.2 Å². The van der Waals surface area contributed by atoms with E-state index in [0.717, 1.165) is 12.8 Å². The van der Waals surface area contributed by atoms with Gasteiger partial charge in [-0.15, -0.1) is 37.7 Å². The summed E-state index contributed by atoms with van der Waals surface area (Å²) in [5, 5.41) is 8.45. The Morgan fingerprint density at radius 3 is 2.00 bits per heavy atom. The van der Waals surface area contributed by atoms with Crippen LogP contribution < -0.4 is 0 Å². The van der Waals surface area contributed by atoms with Gasteiger partial charge in [0.2, 0.25) is 0 Å². The van der Waals surface area contributed by atoms with Crippen LogP contribution in [0, 0.1) is 12.2 Å². The Morgan fingerprint density at radius 1 is 1.14 bits per heavy atom. The largest absolute Gasteiger partial charge is 2.00 e. The second-order valence-electron chi connectivity index (χ2n) is 2.17. The topological polar surface area (TPSA) is 20.2 Å². The Bertz CT molecular complexity index is 220. The standard InChI is InChI=1S/C5H5O.C5H5.2ClH.Ti/c6-5-3-1-2-4-5;1-2-4-5-3-1;;;/h1,3,6H,2H2;1-3H,4H2;2*1H;/q2*-1;;;+2. The molecular weight excluding hydrogens is 255 g/mol. The Hall–Kier alpha value is 0.0543. The summed E-state index contributed by atoms with van der Waals surface area (Å²) in [6, 6.07) is 0. The molecule has 0 aliphatic heterocycles. The van der Waals surface area contributed by atoms with Crippen LogP contribution in [0.25, 0.3) is 0 Å². The summed E-state index contributed by atoms with van der Waals surface area (Å²) in [7, 11) is 0. The van der Waals surface area contributed by atoms with Gasteiger partial charge in [-0.05, 0) is 0 Å². The fourth-order valence-electron chi connectivity index (χ4n) is 0.733. The molecule has 2 rings (SSSR count). The first kappa shape index (κ1) is 19.6. The molecule has 0 spiro atoms. The number of halogens is 2. The molecule has 0 atom stereocenters. The Morgan fingerprint density at radius 2 is 1.86 bits per heavy atom. The molecule has 0 saturated heterocycles. The zero-order valence-corrected chi connectivity index (χ0v) is 10.8. The Labute approximate surface area is 112 Å². The Kier molecular flexibility index (Phi) is 18.3. The minimum atomic E-state index is 0. The summed E-state index contributed by atoms with van der Waals surface area (Å²) in [4.78, 5) is 0. The summed E-state index contributed by atoms with van der Waals surface area (Å²) < 4.78 is 0. The third kappa shape index (κ3) is 10.1. The van der Waals surface area contributed by atoms with Crippen LogP contribution in [-0.2, 0) is 21.7 Å². The van der Waals surface area contributed by atoms with Crippen molar-refractivity contribution >= 4 is 24.8 Å². The van der Waals surface area contributed by atoms with E-state index in [4.69, 9.17) is 5.11 Å². The van der Waals surface area contributed by atoms with Crippen LogP contribution in [0.15, 0.2) is 36.1 Å². The van der Waals surface area contributed by atoms with Crippen LogP contribution in [0.3, 0.4) is 0 Å². The molecular formula is C10H12Cl2OTi. The summed E-state index contributed by atoms with van der Waals surface area (Å²) in [6.07, 6.45) is 16.9. The number of rotatable bonds is 0. The normalized spacial score (nSPS) is 14.1. The van der Waals surface area contributed by atoms with E-state index in [0.29, 0.717) is 0 Å². The third-order valence-electron chi connectivity index (χ3n) is 1.26. The molecule has 0 amide bonds. The van der Waals surface area contributed by atoms with Gasteiger partial charge >= 0.3 is 21.7 Å². The smallest absolute Gasteiger partial charge is 0.546 e. The molecule has 2 aliphatic rings. The monoisotopic (exact) mass is 266 g/mol. The van der Waals surface area contributed by atoms with Crippen molar-refractivity contribution in [1.29, 1.82) is 0 Å². The summed E-state index contributed by atoms with van der Waals surface area (Å²) in [6.45, 7) is 0. The molecule has 0 aromatic rings. The van der Waals surface area contributed by atoms with Crippen LogP contribution in [-0.4, -0.2) is 5.11 Å². The predicted octanol–water partition coefficient (Wildman–Crippen LogP) is 3.34. The fourth-order valence-corrected chi connectivity index (χ4v) is 0.733. The molecule has 76 valence electrons. The van der Waals surface area contributed by atoms with E-state index < -0.39 is 0 Å². The predicted molar refractivity (Wildman–Crippen MR) is 59.2 cm³/mol. The van der Waals surface area contributed by atoms with Gasteiger partial charge in [-0.2, -0.15) is 18.2 Å².